The fourth-order valence-electron chi connectivity index (χ4n) is 1.04. The largest absolute Gasteiger partial charge is 0.497 e. The van der Waals surface area contributed by atoms with Crippen LogP contribution in [0.4, 0.5) is 5.69 Å². The van der Waals surface area contributed by atoms with Crippen LogP contribution in [0.2, 0.25) is 0 Å². The minimum absolute atomic E-state index is 0.125. The second-order valence-corrected chi connectivity index (χ2v) is 2.88. The van der Waals surface area contributed by atoms with Gasteiger partial charge in [-0.15, -0.1) is 10.1 Å². The summed E-state index contributed by atoms with van der Waals surface area (Å²) >= 11 is 0. The molecule has 1 aromatic carbocycles. The van der Waals surface area contributed by atoms with Gasteiger partial charge in [-0.25, -0.2) is 0 Å². The fraction of sp³-hybridized carbons (Fsp3) is 0.222. The average molecular weight is 258 g/mol. The normalized spacial score (nSPS) is 8.56. The maximum atomic E-state index is 8.36. The molecule has 0 radical (unpaired) electrons. The van der Waals surface area contributed by atoms with Gasteiger partial charge in [-0.3, -0.25) is 5.41 Å². The van der Waals surface area contributed by atoms with E-state index in [1.165, 1.54) is 0 Å². The number of nitrogens with two attached hydrogens (primary N) is 1. The topological polar surface area (TPSA) is 144 Å². The number of ether oxygens (including phenoxy) is 2. The first-order valence-corrected chi connectivity index (χ1v) is 4.56. The lowest BCUT2D eigenvalue weighted by Gasteiger charge is -2.08. The lowest BCUT2D eigenvalue weighted by Crippen LogP contribution is -2.20. The van der Waals surface area contributed by atoms with E-state index in [0.717, 1.165) is 0 Å². The summed E-state index contributed by atoms with van der Waals surface area (Å²) in [6.45, 7) is 0. The van der Waals surface area contributed by atoms with E-state index in [2.05, 4.69) is 5.32 Å². The molecule has 0 aliphatic heterocycles. The lowest BCUT2D eigenvalue weighted by atomic mass is 10.3. The van der Waals surface area contributed by atoms with Gasteiger partial charge in [-0.05, 0) is 0 Å². The smallest absolute Gasteiger partial charge is 0.291 e. The molecule has 0 bridgehead atoms. The third kappa shape index (κ3) is 6.71. The Hall–Kier alpha value is -2.71. The summed E-state index contributed by atoms with van der Waals surface area (Å²) in [6, 6.07) is 5.19. The number of nitrogens with zero attached hydrogens (tertiary/aromatic N) is 1. The molecule has 9 nitrogen and oxygen atoms in total. The Labute approximate surface area is 103 Å². The van der Waals surface area contributed by atoms with E-state index >= 15 is 0 Å². The quantitative estimate of drug-likeness (QED) is 0.270. The summed E-state index contributed by atoms with van der Waals surface area (Å²) in [5, 5.41) is 23.4. The predicted molar refractivity (Wildman–Crippen MR) is 63.9 cm³/mol. The van der Waals surface area contributed by atoms with Crippen LogP contribution in [0.1, 0.15) is 0 Å². The first kappa shape index (κ1) is 15.3. The van der Waals surface area contributed by atoms with Gasteiger partial charge in [0, 0.05) is 23.9 Å². The summed E-state index contributed by atoms with van der Waals surface area (Å²) in [6.07, 6.45) is 0. The van der Waals surface area contributed by atoms with Gasteiger partial charge in [0.1, 0.15) is 11.5 Å². The SMILES string of the molecule is COc1cc(NC(=N)N)cc(OC)c1.O=[N+]([O-])O. The van der Waals surface area contributed by atoms with Crippen LogP contribution in [0.5, 0.6) is 11.5 Å². The maximum absolute atomic E-state index is 8.36. The van der Waals surface area contributed by atoms with Gasteiger partial charge in [0.2, 0.25) is 0 Å². The molecule has 0 saturated heterocycles. The fourth-order valence-corrected chi connectivity index (χ4v) is 1.04. The molecular weight excluding hydrogens is 244 g/mol. The average Bonchev–Trinajstić information content (AvgIpc) is 2.26. The Bertz CT molecular complexity index is 397. The van der Waals surface area contributed by atoms with E-state index in [9.17, 15) is 0 Å². The minimum Gasteiger partial charge on any atom is -0.497 e. The van der Waals surface area contributed by atoms with Crippen molar-refractivity contribution in [1.29, 1.82) is 5.41 Å². The van der Waals surface area contributed by atoms with E-state index in [-0.39, 0.29) is 5.96 Å². The van der Waals surface area contributed by atoms with Crippen molar-refractivity contribution in [1.82, 2.24) is 0 Å². The third-order valence-corrected chi connectivity index (χ3v) is 1.63. The van der Waals surface area contributed by atoms with Crippen molar-refractivity contribution < 1.29 is 19.8 Å². The molecule has 0 heterocycles. The number of anilines is 1. The van der Waals surface area contributed by atoms with Crippen LogP contribution >= 0.6 is 0 Å². The molecule has 100 valence electrons. The Morgan fingerprint density at radius 2 is 1.78 bits per heavy atom. The third-order valence-electron chi connectivity index (χ3n) is 1.63. The summed E-state index contributed by atoms with van der Waals surface area (Å²) < 4.78 is 10.1. The molecule has 5 N–H and O–H groups in total. The van der Waals surface area contributed by atoms with Crippen molar-refractivity contribution in [3.63, 3.8) is 0 Å². The van der Waals surface area contributed by atoms with Crippen molar-refractivity contribution in [3.8, 4) is 11.5 Å². The highest BCUT2D eigenvalue weighted by Crippen LogP contribution is 2.25. The van der Waals surface area contributed by atoms with Gasteiger partial charge in [0.25, 0.3) is 5.09 Å². The standard InChI is InChI=1S/C9H13N3O2.HNO3/c1-13-7-3-6(12-9(10)11)4-8(5-7)14-2;2-1(3)4/h3-5H,1-2H3,(H4,10,11,12);(H,2,3,4). The molecule has 0 amide bonds. The van der Waals surface area contributed by atoms with Crippen LogP contribution in [0.3, 0.4) is 0 Å². The zero-order chi connectivity index (χ0) is 14.1. The summed E-state index contributed by atoms with van der Waals surface area (Å²) in [5.41, 5.74) is 5.86. The highest BCUT2D eigenvalue weighted by Gasteiger charge is 2.01. The van der Waals surface area contributed by atoms with Gasteiger partial charge in [-0.2, -0.15) is 0 Å². The first-order chi connectivity index (χ1) is 8.38. The van der Waals surface area contributed by atoms with Gasteiger partial charge in [-0.1, -0.05) is 0 Å². The molecule has 0 spiro atoms. The highest BCUT2D eigenvalue weighted by molar-refractivity contribution is 5.90. The maximum Gasteiger partial charge on any atom is 0.291 e. The number of benzene rings is 1. The zero-order valence-corrected chi connectivity index (χ0v) is 9.84. The van der Waals surface area contributed by atoms with Crippen molar-refractivity contribution in [3.05, 3.63) is 28.3 Å². The van der Waals surface area contributed by atoms with E-state index in [4.69, 9.17) is 35.9 Å². The molecule has 18 heavy (non-hydrogen) atoms. The molecule has 0 atom stereocenters. The van der Waals surface area contributed by atoms with Gasteiger partial charge < -0.3 is 25.7 Å². The Kier molecular flexibility index (Phi) is 6.41. The summed E-state index contributed by atoms with van der Waals surface area (Å²) in [4.78, 5) is 8.36. The van der Waals surface area contributed by atoms with E-state index in [1.807, 2.05) is 0 Å². The number of hydrogen-bond donors (Lipinski definition) is 4. The number of rotatable bonds is 3. The second kappa shape index (κ2) is 7.54. The number of methoxy groups -OCH3 is 2. The molecule has 9 heteroatoms. The molecule has 0 aliphatic rings. The molecule has 0 saturated carbocycles. The van der Waals surface area contributed by atoms with Crippen LogP contribution < -0.4 is 20.5 Å². The number of hydrogen-bond acceptors (Lipinski definition) is 5. The molecule has 1 aromatic rings. The summed E-state index contributed by atoms with van der Waals surface area (Å²) in [7, 11) is 3.12. The second-order valence-electron chi connectivity index (χ2n) is 2.88. The molecular formula is C9H14N4O5. The number of nitrogens with one attached hydrogen (secondary N) is 2. The molecule has 0 aromatic heterocycles. The molecule has 1 rings (SSSR count). The molecule has 0 unspecified atom stereocenters. The van der Waals surface area contributed by atoms with Crippen LogP contribution in [0.15, 0.2) is 18.2 Å². The van der Waals surface area contributed by atoms with Crippen molar-refractivity contribution in [2.45, 2.75) is 0 Å². The van der Waals surface area contributed by atoms with Crippen LogP contribution in [0, 0.1) is 15.5 Å². The van der Waals surface area contributed by atoms with Crippen molar-refractivity contribution >= 4 is 11.6 Å². The molecule has 0 fully saturated rings. The van der Waals surface area contributed by atoms with Crippen molar-refractivity contribution in [2.75, 3.05) is 19.5 Å². The van der Waals surface area contributed by atoms with Gasteiger partial charge >= 0.3 is 0 Å². The Balaban J connectivity index is 0.000000631. The van der Waals surface area contributed by atoms with E-state index in [0.29, 0.717) is 17.2 Å². The first-order valence-electron chi connectivity index (χ1n) is 4.56. The van der Waals surface area contributed by atoms with Crippen LogP contribution in [0.25, 0.3) is 0 Å². The van der Waals surface area contributed by atoms with E-state index in [1.54, 1.807) is 32.4 Å². The minimum atomic E-state index is -1.50. The number of guanidine groups is 1. The van der Waals surface area contributed by atoms with Gasteiger partial charge in [0.15, 0.2) is 5.96 Å². The van der Waals surface area contributed by atoms with Crippen LogP contribution in [-0.4, -0.2) is 30.5 Å². The van der Waals surface area contributed by atoms with Crippen LogP contribution in [-0.2, 0) is 0 Å². The van der Waals surface area contributed by atoms with Gasteiger partial charge in [0.05, 0.1) is 14.2 Å². The van der Waals surface area contributed by atoms with E-state index < -0.39 is 5.09 Å². The molecule has 0 aliphatic carbocycles. The monoisotopic (exact) mass is 258 g/mol. The Morgan fingerprint density at radius 1 is 1.39 bits per heavy atom. The lowest BCUT2D eigenvalue weighted by molar-refractivity contribution is -0.742. The zero-order valence-electron chi connectivity index (χ0n) is 9.84. The Morgan fingerprint density at radius 3 is 2.06 bits per heavy atom. The highest BCUT2D eigenvalue weighted by atomic mass is 16.9. The summed E-state index contributed by atoms with van der Waals surface area (Å²) in [5.74, 6) is 1.17. The van der Waals surface area contributed by atoms with Crippen molar-refractivity contribution in [2.24, 2.45) is 5.73 Å². The predicted octanol–water partition coefficient (Wildman–Crippen LogP) is 0.661.